The van der Waals surface area contributed by atoms with Crippen molar-refractivity contribution >= 4 is 11.9 Å². The maximum absolute atomic E-state index is 11.8. The summed E-state index contributed by atoms with van der Waals surface area (Å²) in [7, 11) is 0. The van der Waals surface area contributed by atoms with Gasteiger partial charge in [0, 0.05) is 13.0 Å². The molecule has 5 nitrogen and oxygen atoms in total. The Bertz CT molecular complexity index is 309. The van der Waals surface area contributed by atoms with Gasteiger partial charge in [0.05, 0.1) is 11.0 Å². The van der Waals surface area contributed by atoms with E-state index in [0.717, 1.165) is 6.42 Å². The minimum absolute atomic E-state index is 0.0441. The third kappa shape index (κ3) is 5.59. The topological polar surface area (TPSA) is 86.6 Å². The van der Waals surface area contributed by atoms with Crippen molar-refractivity contribution in [1.82, 2.24) is 5.32 Å². The second-order valence-corrected chi connectivity index (χ2v) is 5.49. The summed E-state index contributed by atoms with van der Waals surface area (Å²) in [6.45, 7) is 7.33. The molecule has 0 aromatic carbocycles. The number of hydrogen-bond acceptors (Lipinski definition) is 3. The van der Waals surface area contributed by atoms with Crippen molar-refractivity contribution in [2.24, 2.45) is 5.41 Å². The van der Waals surface area contributed by atoms with Crippen molar-refractivity contribution in [3.63, 3.8) is 0 Å². The Balaban J connectivity index is 4.49. The van der Waals surface area contributed by atoms with Gasteiger partial charge in [-0.05, 0) is 26.2 Å². The second kappa shape index (κ2) is 7.48. The summed E-state index contributed by atoms with van der Waals surface area (Å²) in [4.78, 5) is 23.1. The van der Waals surface area contributed by atoms with Crippen molar-refractivity contribution in [1.29, 1.82) is 0 Å². The van der Waals surface area contributed by atoms with Crippen molar-refractivity contribution in [2.45, 2.75) is 65.4 Å². The van der Waals surface area contributed by atoms with E-state index in [1.807, 2.05) is 6.92 Å². The van der Waals surface area contributed by atoms with E-state index in [-0.39, 0.29) is 18.9 Å². The maximum atomic E-state index is 11.8. The summed E-state index contributed by atoms with van der Waals surface area (Å²) in [5.74, 6) is -1.25. The van der Waals surface area contributed by atoms with E-state index in [1.54, 1.807) is 20.8 Å². The van der Waals surface area contributed by atoms with Crippen molar-refractivity contribution in [2.75, 3.05) is 6.54 Å². The third-order valence-corrected chi connectivity index (χ3v) is 3.76. The van der Waals surface area contributed by atoms with Gasteiger partial charge in [-0.15, -0.1) is 0 Å². The first-order valence-electron chi connectivity index (χ1n) is 6.95. The highest BCUT2D eigenvalue weighted by atomic mass is 16.4. The first-order chi connectivity index (χ1) is 8.73. The van der Waals surface area contributed by atoms with Gasteiger partial charge in [0.1, 0.15) is 0 Å². The van der Waals surface area contributed by atoms with Gasteiger partial charge in [0.15, 0.2) is 0 Å². The molecule has 5 heteroatoms. The van der Waals surface area contributed by atoms with Crippen LogP contribution in [0.25, 0.3) is 0 Å². The fourth-order valence-corrected chi connectivity index (χ4v) is 2.16. The van der Waals surface area contributed by atoms with Gasteiger partial charge >= 0.3 is 5.97 Å². The Morgan fingerprint density at radius 3 is 2.05 bits per heavy atom. The Labute approximate surface area is 115 Å². The first kappa shape index (κ1) is 17.9. The second-order valence-electron chi connectivity index (χ2n) is 5.49. The van der Waals surface area contributed by atoms with Crippen LogP contribution in [0.4, 0.5) is 0 Å². The molecule has 0 aliphatic carbocycles. The van der Waals surface area contributed by atoms with Crippen molar-refractivity contribution in [3.05, 3.63) is 0 Å². The number of aliphatic carboxylic acids is 1. The summed E-state index contributed by atoms with van der Waals surface area (Å²) >= 11 is 0. The van der Waals surface area contributed by atoms with Gasteiger partial charge in [-0.2, -0.15) is 0 Å². The molecule has 0 bridgehead atoms. The zero-order valence-corrected chi connectivity index (χ0v) is 12.5. The van der Waals surface area contributed by atoms with Crippen LogP contribution in [0.15, 0.2) is 0 Å². The highest BCUT2D eigenvalue weighted by molar-refractivity contribution is 5.84. The SMILES string of the molecule is CCCC(C)(O)CNC(=O)CC(CC)(CC)C(=O)O. The molecule has 0 aliphatic heterocycles. The number of aliphatic hydroxyl groups is 1. The monoisotopic (exact) mass is 273 g/mol. The number of rotatable bonds is 9. The number of carbonyl (C=O) groups excluding carboxylic acids is 1. The average molecular weight is 273 g/mol. The van der Waals surface area contributed by atoms with Crippen LogP contribution in [0.1, 0.15) is 59.8 Å². The number of hydrogen-bond donors (Lipinski definition) is 3. The van der Waals surface area contributed by atoms with Crippen LogP contribution in [0, 0.1) is 5.41 Å². The molecule has 0 saturated heterocycles. The lowest BCUT2D eigenvalue weighted by atomic mass is 9.79. The molecular weight excluding hydrogens is 246 g/mol. The normalized spacial score (nSPS) is 14.8. The number of amides is 1. The molecule has 0 aliphatic rings. The molecule has 0 radical (unpaired) electrons. The summed E-state index contributed by atoms with van der Waals surface area (Å²) in [5, 5.41) is 21.8. The number of carboxylic acids is 1. The smallest absolute Gasteiger partial charge is 0.310 e. The van der Waals surface area contributed by atoms with Crippen LogP contribution in [-0.2, 0) is 9.59 Å². The number of carbonyl (C=O) groups is 2. The molecule has 1 unspecified atom stereocenters. The Hall–Kier alpha value is -1.10. The summed E-state index contributed by atoms with van der Waals surface area (Å²) in [5.41, 5.74) is -1.94. The molecule has 19 heavy (non-hydrogen) atoms. The molecule has 0 fully saturated rings. The molecule has 0 spiro atoms. The summed E-state index contributed by atoms with van der Waals surface area (Å²) < 4.78 is 0. The van der Waals surface area contributed by atoms with E-state index in [2.05, 4.69) is 5.32 Å². The molecule has 0 saturated carbocycles. The lowest BCUT2D eigenvalue weighted by Crippen LogP contribution is -2.43. The van der Waals surface area contributed by atoms with E-state index in [1.165, 1.54) is 0 Å². The Morgan fingerprint density at radius 2 is 1.68 bits per heavy atom. The minimum atomic E-state index is -0.999. The fourth-order valence-electron chi connectivity index (χ4n) is 2.16. The quantitative estimate of drug-likeness (QED) is 0.599. The van der Waals surface area contributed by atoms with Gasteiger partial charge in [-0.3, -0.25) is 9.59 Å². The van der Waals surface area contributed by atoms with Crippen molar-refractivity contribution in [3.8, 4) is 0 Å². The van der Waals surface area contributed by atoms with E-state index in [0.29, 0.717) is 19.3 Å². The highest BCUT2D eigenvalue weighted by Crippen LogP contribution is 2.30. The van der Waals surface area contributed by atoms with Crippen LogP contribution in [-0.4, -0.2) is 34.2 Å². The van der Waals surface area contributed by atoms with Crippen LogP contribution >= 0.6 is 0 Å². The molecule has 0 heterocycles. The van der Waals surface area contributed by atoms with Gasteiger partial charge in [-0.1, -0.05) is 27.2 Å². The predicted octanol–water partition coefficient (Wildman–Crippen LogP) is 1.93. The van der Waals surface area contributed by atoms with E-state index in [4.69, 9.17) is 0 Å². The van der Waals surface area contributed by atoms with Gasteiger partial charge in [0.2, 0.25) is 5.91 Å². The third-order valence-electron chi connectivity index (χ3n) is 3.76. The zero-order valence-electron chi connectivity index (χ0n) is 12.5. The number of carboxylic acid groups (broad SMARTS) is 1. The molecule has 3 N–H and O–H groups in total. The molecule has 112 valence electrons. The summed E-state index contributed by atoms with van der Waals surface area (Å²) in [6.07, 6.45) is 2.21. The Morgan fingerprint density at radius 1 is 1.16 bits per heavy atom. The van der Waals surface area contributed by atoms with Crippen LogP contribution < -0.4 is 5.32 Å². The van der Waals surface area contributed by atoms with Gasteiger partial charge < -0.3 is 15.5 Å². The lowest BCUT2D eigenvalue weighted by molar-refractivity contribution is -0.152. The van der Waals surface area contributed by atoms with Gasteiger partial charge in [0.25, 0.3) is 0 Å². The maximum Gasteiger partial charge on any atom is 0.310 e. The van der Waals surface area contributed by atoms with Crippen LogP contribution in [0.5, 0.6) is 0 Å². The van der Waals surface area contributed by atoms with E-state index in [9.17, 15) is 19.8 Å². The molecule has 1 atom stereocenters. The molecular formula is C14H27NO4. The molecule has 1 amide bonds. The molecule has 0 rings (SSSR count). The zero-order chi connectivity index (χ0) is 15.1. The lowest BCUT2D eigenvalue weighted by Gasteiger charge is -2.27. The number of nitrogens with one attached hydrogen (secondary N) is 1. The standard InChI is InChI=1S/C14H27NO4/c1-5-8-13(4,19)10-15-11(16)9-14(6-2,7-3)12(17)18/h19H,5-10H2,1-4H3,(H,15,16)(H,17,18). The van der Waals surface area contributed by atoms with Crippen LogP contribution in [0.3, 0.4) is 0 Å². The van der Waals surface area contributed by atoms with Gasteiger partial charge in [-0.25, -0.2) is 0 Å². The minimum Gasteiger partial charge on any atom is -0.481 e. The van der Waals surface area contributed by atoms with E-state index >= 15 is 0 Å². The fraction of sp³-hybridized carbons (Fsp3) is 0.857. The van der Waals surface area contributed by atoms with E-state index < -0.39 is 17.0 Å². The largest absolute Gasteiger partial charge is 0.481 e. The van der Waals surface area contributed by atoms with Crippen molar-refractivity contribution < 1.29 is 19.8 Å². The Kier molecular flexibility index (Phi) is 7.05. The summed E-state index contributed by atoms with van der Waals surface area (Å²) in [6, 6.07) is 0. The molecule has 0 aromatic heterocycles. The first-order valence-corrected chi connectivity index (χ1v) is 6.95. The highest BCUT2D eigenvalue weighted by Gasteiger charge is 2.37. The average Bonchev–Trinajstić information content (AvgIpc) is 2.33. The molecule has 0 aromatic rings. The predicted molar refractivity (Wildman–Crippen MR) is 73.8 cm³/mol. The van der Waals surface area contributed by atoms with Crippen LogP contribution in [0.2, 0.25) is 0 Å².